The first-order valence-electron chi connectivity index (χ1n) is 7.61. The van der Waals surface area contributed by atoms with E-state index in [1.54, 1.807) is 11.3 Å². The molecule has 1 saturated carbocycles. The lowest BCUT2D eigenvalue weighted by atomic mass is 9.87. The molecule has 1 aromatic heterocycles. The molecule has 1 aromatic rings. The predicted octanol–water partition coefficient (Wildman–Crippen LogP) is 2.06. The Morgan fingerprint density at radius 1 is 1.35 bits per heavy atom. The van der Waals surface area contributed by atoms with Gasteiger partial charge >= 0.3 is 0 Å². The van der Waals surface area contributed by atoms with Crippen LogP contribution >= 0.6 is 11.3 Å². The van der Waals surface area contributed by atoms with Crippen LogP contribution in [0.3, 0.4) is 0 Å². The van der Waals surface area contributed by atoms with E-state index < -0.39 is 0 Å². The van der Waals surface area contributed by atoms with E-state index in [2.05, 4.69) is 28.6 Å². The van der Waals surface area contributed by atoms with E-state index in [-0.39, 0.29) is 11.5 Å². The van der Waals surface area contributed by atoms with E-state index in [0.717, 1.165) is 44.3 Å². The van der Waals surface area contributed by atoms with Gasteiger partial charge in [-0.05, 0) is 24.2 Å². The summed E-state index contributed by atoms with van der Waals surface area (Å²) in [6.45, 7) is 9.72. The minimum absolute atomic E-state index is 0.105. The van der Waals surface area contributed by atoms with Crippen LogP contribution < -0.4 is 4.90 Å². The fraction of sp³-hybridized carbons (Fsp3) is 0.800. The standard InChI is InChI=1S/C15H25N3OS/c1-15(2)4-3-12(13(15)19)11-17-6-8-18(9-7-17)14-16-5-10-20-14/h5,10,12-13,19H,3-4,6-9,11H2,1-2H3. The number of anilines is 1. The van der Waals surface area contributed by atoms with Crippen molar-refractivity contribution in [1.82, 2.24) is 9.88 Å². The summed E-state index contributed by atoms with van der Waals surface area (Å²) < 4.78 is 0. The molecule has 20 heavy (non-hydrogen) atoms. The van der Waals surface area contributed by atoms with Gasteiger partial charge in [0.1, 0.15) is 0 Å². The van der Waals surface area contributed by atoms with Crippen molar-refractivity contribution in [3.8, 4) is 0 Å². The molecule has 0 radical (unpaired) electrons. The second kappa shape index (κ2) is 5.62. The van der Waals surface area contributed by atoms with Crippen LogP contribution in [0.25, 0.3) is 0 Å². The summed E-state index contributed by atoms with van der Waals surface area (Å²) in [6.07, 6.45) is 4.06. The van der Waals surface area contributed by atoms with Crippen molar-refractivity contribution in [3.05, 3.63) is 11.6 Å². The molecule has 3 rings (SSSR count). The molecule has 1 N–H and O–H groups in total. The van der Waals surface area contributed by atoms with Gasteiger partial charge in [-0.2, -0.15) is 0 Å². The van der Waals surface area contributed by atoms with Gasteiger partial charge in [0.15, 0.2) is 5.13 Å². The minimum Gasteiger partial charge on any atom is -0.392 e. The molecule has 2 atom stereocenters. The number of piperazine rings is 1. The van der Waals surface area contributed by atoms with Crippen LogP contribution in [0.15, 0.2) is 11.6 Å². The molecule has 1 aliphatic carbocycles. The Hall–Kier alpha value is -0.650. The Morgan fingerprint density at radius 2 is 2.10 bits per heavy atom. The van der Waals surface area contributed by atoms with Gasteiger partial charge in [0, 0.05) is 44.3 Å². The lowest BCUT2D eigenvalue weighted by Gasteiger charge is -2.37. The molecule has 1 saturated heterocycles. The Labute approximate surface area is 125 Å². The molecule has 2 unspecified atom stereocenters. The summed E-state index contributed by atoms with van der Waals surface area (Å²) in [4.78, 5) is 9.27. The lowest BCUT2D eigenvalue weighted by Crippen LogP contribution is -2.48. The van der Waals surface area contributed by atoms with Gasteiger partial charge in [-0.3, -0.25) is 4.90 Å². The highest BCUT2D eigenvalue weighted by Crippen LogP contribution is 2.41. The SMILES string of the molecule is CC1(C)CCC(CN2CCN(c3nccs3)CC2)C1O. The number of hydrogen-bond acceptors (Lipinski definition) is 5. The Kier molecular flexibility index (Phi) is 4.02. The summed E-state index contributed by atoms with van der Waals surface area (Å²) in [5, 5.41) is 13.6. The van der Waals surface area contributed by atoms with Crippen molar-refractivity contribution < 1.29 is 5.11 Å². The average molecular weight is 295 g/mol. The average Bonchev–Trinajstić information content (AvgIpc) is 3.04. The molecule has 4 nitrogen and oxygen atoms in total. The molecule has 0 spiro atoms. The zero-order chi connectivity index (χ0) is 14.2. The molecule has 0 aromatic carbocycles. The van der Waals surface area contributed by atoms with Gasteiger partial charge in [0.25, 0.3) is 0 Å². The third-order valence-electron chi connectivity index (χ3n) is 4.96. The first-order valence-corrected chi connectivity index (χ1v) is 8.49. The van der Waals surface area contributed by atoms with Gasteiger partial charge < -0.3 is 10.0 Å². The van der Waals surface area contributed by atoms with Crippen LogP contribution in [0, 0.1) is 11.3 Å². The van der Waals surface area contributed by atoms with Crippen LogP contribution in [-0.4, -0.2) is 53.8 Å². The summed E-state index contributed by atoms with van der Waals surface area (Å²) in [7, 11) is 0. The van der Waals surface area contributed by atoms with Gasteiger partial charge in [0.2, 0.25) is 0 Å². The molecule has 112 valence electrons. The zero-order valence-corrected chi connectivity index (χ0v) is 13.3. The number of aliphatic hydroxyl groups is 1. The van der Waals surface area contributed by atoms with E-state index in [1.807, 2.05) is 11.6 Å². The van der Waals surface area contributed by atoms with E-state index >= 15 is 0 Å². The summed E-state index contributed by atoms with van der Waals surface area (Å²) in [5.74, 6) is 0.455. The first kappa shape index (κ1) is 14.3. The monoisotopic (exact) mass is 295 g/mol. The van der Waals surface area contributed by atoms with Gasteiger partial charge in [-0.25, -0.2) is 4.98 Å². The number of rotatable bonds is 3. The van der Waals surface area contributed by atoms with Crippen molar-refractivity contribution in [2.75, 3.05) is 37.6 Å². The number of hydrogen-bond donors (Lipinski definition) is 1. The molecule has 1 aliphatic heterocycles. The van der Waals surface area contributed by atoms with E-state index in [1.165, 1.54) is 6.42 Å². The van der Waals surface area contributed by atoms with Crippen LogP contribution in [0.1, 0.15) is 26.7 Å². The quantitative estimate of drug-likeness (QED) is 0.926. The van der Waals surface area contributed by atoms with Crippen LogP contribution in [0.5, 0.6) is 0 Å². The van der Waals surface area contributed by atoms with Crippen molar-refractivity contribution in [1.29, 1.82) is 0 Å². The Morgan fingerprint density at radius 3 is 2.65 bits per heavy atom. The third kappa shape index (κ3) is 2.85. The summed E-state index contributed by atoms with van der Waals surface area (Å²) in [5.41, 5.74) is 0.105. The number of thiazole rings is 1. The first-order chi connectivity index (χ1) is 9.56. The smallest absolute Gasteiger partial charge is 0.185 e. The second-order valence-electron chi connectivity index (χ2n) is 6.83. The highest BCUT2D eigenvalue weighted by Gasteiger charge is 2.41. The Bertz CT molecular complexity index is 426. The second-order valence-corrected chi connectivity index (χ2v) is 7.71. The normalized spacial score (nSPS) is 30.9. The molecular formula is C15H25N3OS. The van der Waals surface area contributed by atoms with Gasteiger partial charge in [0.05, 0.1) is 6.10 Å². The maximum absolute atomic E-state index is 10.4. The molecule has 2 heterocycles. The molecular weight excluding hydrogens is 270 g/mol. The maximum Gasteiger partial charge on any atom is 0.185 e. The maximum atomic E-state index is 10.4. The topological polar surface area (TPSA) is 39.6 Å². The van der Waals surface area contributed by atoms with Crippen LogP contribution in [-0.2, 0) is 0 Å². The molecule has 0 amide bonds. The predicted molar refractivity (Wildman–Crippen MR) is 83.3 cm³/mol. The van der Waals surface area contributed by atoms with Crippen molar-refractivity contribution in [3.63, 3.8) is 0 Å². The van der Waals surface area contributed by atoms with Crippen molar-refractivity contribution >= 4 is 16.5 Å². The van der Waals surface area contributed by atoms with Crippen LogP contribution in [0.4, 0.5) is 5.13 Å². The number of aliphatic hydroxyl groups excluding tert-OH is 1. The van der Waals surface area contributed by atoms with Crippen molar-refractivity contribution in [2.45, 2.75) is 32.8 Å². The number of nitrogens with zero attached hydrogens (tertiary/aromatic N) is 3. The molecule has 2 fully saturated rings. The molecule has 2 aliphatic rings. The molecule has 0 bridgehead atoms. The zero-order valence-electron chi connectivity index (χ0n) is 12.5. The number of aromatic nitrogens is 1. The van der Waals surface area contributed by atoms with Crippen LogP contribution in [0.2, 0.25) is 0 Å². The third-order valence-corrected chi connectivity index (χ3v) is 5.79. The van der Waals surface area contributed by atoms with Gasteiger partial charge in [-0.1, -0.05) is 13.8 Å². The van der Waals surface area contributed by atoms with E-state index in [4.69, 9.17) is 0 Å². The van der Waals surface area contributed by atoms with E-state index in [0.29, 0.717) is 5.92 Å². The molecule has 5 heteroatoms. The summed E-state index contributed by atoms with van der Waals surface area (Å²) >= 11 is 1.72. The van der Waals surface area contributed by atoms with E-state index in [9.17, 15) is 5.11 Å². The lowest BCUT2D eigenvalue weighted by molar-refractivity contribution is 0.0319. The fourth-order valence-corrected chi connectivity index (χ4v) is 4.21. The van der Waals surface area contributed by atoms with Gasteiger partial charge in [-0.15, -0.1) is 11.3 Å². The largest absolute Gasteiger partial charge is 0.392 e. The highest BCUT2D eigenvalue weighted by molar-refractivity contribution is 7.13. The fourth-order valence-electron chi connectivity index (χ4n) is 3.52. The Balaban J connectivity index is 1.50. The minimum atomic E-state index is -0.139. The highest BCUT2D eigenvalue weighted by atomic mass is 32.1. The summed E-state index contributed by atoms with van der Waals surface area (Å²) in [6, 6.07) is 0. The van der Waals surface area contributed by atoms with Crippen molar-refractivity contribution in [2.24, 2.45) is 11.3 Å².